The van der Waals surface area contributed by atoms with Gasteiger partial charge in [-0.2, -0.15) is 4.98 Å². The van der Waals surface area contributed by atoms with Crippen LogP contribution in [0.1, 0.15) is 12.8 Å². The maximum Gasteiger partial charge on any atom is 0.317 e. The molecular weight excluding hydrogens is 239 g/mol. The highest BCUT2D eigenvalue weighted by molar-refractivity contribution is 6.38. The summed E-state index contributed by atoms with van der Waals surface area (Å²) in [5.74, 6) is 0.737. The Labute approximate surface area is 112 Å². The van der Waals surface area contributed by atoms with Crippen LogP contribution in [0, 0.1) is 5.92 Å². The number of benzene rings is 1. The molecule has 94 valence electrons. The molecule has 0 amide bonds. The Morgan fingerprint density at radius 2 is 2.32 bits per heavy atom. The highest BCUT2D eigenvalue weighted by Crippen LogP contribution is 2.48. The molecule has 0 unspecified atom stereocenters. The fourth-order valence-electron chi connectivity index (χ4n) is 3.01. The number of hydrogen-bond donors (Lipinski definition) is 0. The van der Waals surface area contributed by atoms with Crippen LogP contribution in [0.3, 0.4) is 0 Å². The molecule has 1 aromatic heterocycles. The number of rotatable bonds is 3. The van der Waals surface area contributed by atoms with Crippen LogP contribution in [0.2, 0.25) is 0 Å². The fraction of sp³-hybridized carbons (Fsp3) is 0.429. The first-order valence-electron chi connectivity index (χ1n) is 6.52. The third kappa shape index (κ3) is 1.80. The predicted octanol–water partition coefficient (Wildman–Crippen LogP) is 0.981. The standard InChI is InChI=1S/C14H13BN2O2/c15-11-2-1-3-12-10(11)6-16-13(17-12)18-8-14-4-9(5-14)7-19-14/h1-3,6,9H,4-5,7-8H2. The molecule has 2 aromatic rings. The van der Waals surface area contributed by atoms with Gasteiger partial charge in [-0.15, -0.1) is 0 Å². The van der Waals surface area contributed by atoms with Gasteiger partial charge in [0.25, 0.3) is 0 Å². The van der Waals surface area contributed by atoms with Crippen molar-refractivity contribution >= 4 is 24.2 Å². The molecule has 3 fully saturated rings. The molecular formula is C14H13BN2O2. The Hall–Kier alpha value is -1.62. The largest absolute Gasteiger partial charge is 0.460 e. The third-order valence-corrected chi connectivity index (χ3v) is 4.05. The molecule has 5 heteroatoms. The lowest BCUT2D eigenvalue weighted by Gasteiger charge is -2.34. The molecule has 1 aliphatic carbocycles. The minimum Gasteiger partial charge on any atom is -0.460 e. The molecule has 3 aliphatic rings. The molecule has 2 radical (unpaired) electrons. The zero-order valence-corrected chi connectivity index (χ0v) is 10.5. The Bertz CT molecular complexity index is 635. The molecule has 2 bridgehead atoms. The Balaban J connectivity index is 1.55. The molecule has 0 N–H and O–H groups in total. The van der Waals surface area contributed by atoms with E-state index in [1.54, 1.807) is 6.20 Å². The van der Waals surface area contributed by atoms with Crippen molar-refractivity contribution in [2.75, 3.05) is 13.2 Å². The van der Waals surface area contributed by atoms with E-state index in [9.17, 15) is 0 Å². The van der Waals surface area contributed by atoms with Crippen molar-refractivity contribution in [3.8, 4) is 6.01 Å². The maximum absolute atomic E-state index is 5.87. The summed E-state index contributed by atoms with van der Waals surface area (Å²) in [5.41, 5.74) is 1.42. The lowest BCUT2D eigenvalue weighted by molar-refractivity contribution is -0.0379. The van der Waals surface area contributed by atoms with E-state index in [4.69, 9.17) is 17.3 Å². The van der Waals surface area contributed by atoms with Gasteiger partial charge in [0.2, 0.25) is 0 Å². The number of aromatic nitrogens is 2. The molecule has 1 saturated carbocycles. The van der Waals surface area contributed by atoms with E-state index in [0.717, 1.165) is 36.3 Å². The lowest BCUT2D eigenvalue weighted by Crippen LogP contribution is -2.42. The summed E-state index contributed by atoms with van der Waals surface area (Å²) in [6.45, 7) is 1.41. The van der Waals surface area contributed by atoms with Gasteiger partial charge in [-0.3, -0.25) is 0 Å². The van der Waals surface area contributed by atoms with Gasteiger partial charge < -0.3 is 9.47 Å². The fourth-order valence-corrected chi connectivity index (χ4v) is 3.01. The monoisotopic (exact) mass is 252 g/mol. The van der Waals surface area contributed by atoms with E-state index in [1.807, 2.05) is 18.2 Å². The van der Waals surface area contributed by atoms with Crippen LogP contribution in [-0.2, 0) is 4.74 Å². The van der Waals surface area contributed by atoms with Gasteiger partial charge in [0, 0.05) is 11.6 Å². The van der Waals surface area contributed by atoms with Crippen LogP contribution in [0.15, 0.2) is 24.4 Å². The zero-order valence-electron chi connectivity index (χ0n) is 10.5. The summed E-state index contributed by atoms with van der Waals surface area (Å²) >= 11 is 0. The van der Waals surface area contributed by atoms with Gasteiger partial charge in [0.1, 0.15) is 20.1 Å². The maximum atomic E-state index is 5.87. The molecule has 2 aliphatic heterocycles. The highest BCUT2D eigenvalue weighted by atomic mass is 16.6. The van der Waals surface area contributed by atoms with Crippen LogP contribution < -0.4 is 10.2 Å². The van der Waals surface area contributed by atoms with E-state index in [1.165, 1.54) is 0 Å². The zero-order chi connectivity index (χ0) is 12.9. The summed E-state index contributed by atoms with van der Waals surface area (Å²) in [7, 11) is 5.87. The summed E-state index contributed by atoms with van der Waals surface area (Å²) in [6.07, 6.45) is 3.92. The summed E-state index contributed by atoms with van der Waals surface area (Å²) in [5, 5.41) is 0.855. The van der Waals surface area contributed by atoms with Crippen LogP contribution in [0.25, 0.3) is 10.9 Å². The van der Waals surface area contributed by atoms with E-state index >= 15 is 0 Å². The summed E-state index contributed by atoms with van der Waals surface area (Å²) in [4.78, 5) is 8.58. The first kappa shape index (κ1) is 11.2. The van der Waals surface area contributed by atoms with Gasteiger partial charge >= 0.3 is 6.01 Å². The van der Waals surface area contributed by atoms with Crippen molar-refractivity contribution in [1.82, 2.24) is 9.97 Å². The molecule has 1 aromatic carbocycles. The van der Waals surface area contributed by atoms with Crippen LogP contribution >= 0.6 is 0 Å². The molecule has 4 nitrogen and oxygen atoms in total. The summed E-state index contributed by atoms with van der Waals surface area (Å²) in [6, 6.07) is 6.02. The lowest BCUT2D eigenvalue weighted by atomic mass is 9.75. The van der Waals surface area contributed by atoms with Gasteiger partial charge in [-0.25, -0.2) is 4.98 Å². The highest BCUT2D eigenvalue weighted by Gasteiger charge is 2.52. The van der Waals surface area contributed by atoms with Crippen molar-refractivity contribution in [3.05, 3.63) is 24.4 Å². The molecule has 5 rings (SSSR count). The number of ether oxygens (including phenoxy) is 2. The van der Waals surface area contributed by atoms with Gasteiger partial charge in [-0.1, -0.05) is 17.6 Å². The van der Waals surface area contributed by atoms with Crippen LogP contribution in [0.5, 0.6) is 6.01 Å². The second-order valence-corrected chi connectivity index (χ2v) is 5.49. The topological polar surface area (TPSA) is 44.2 Å². The molecule has 0 atom stereocenters. The van der Waals surface area contributed by atoms with Crippen molar-refractivity contribution in [1.29, 1.82) is 0 Å². The smallest absolute Gasteiger partial charge is 0.317 e. The Kier molecular flexibility index (Phi) is 2.33. The van der Waals surface area contributed by atoms with Crippen molar-refractivity contribution in [3.63, 3.8) is 0 Å². The van der Waals surface area contributed by atoms with Gasteiger partial charge in [0.15, 0.2) is 0 Å². The number of nitrogens with zero attached hydrogens (tertiary/aromatic N) is 2. The molecule has 3 heterocycles. The molecule has 19 heavy (non-hydrogen) atoms. The second kappa shape index (κ2) is 3.94. The molecule has 2 saturated heterocycles. The minimum atomic E-state index is -0.0707. The Morgan fingerprint density at radius 1 is 1.42 bits per heavy atom. The first-order valence-corrected chi connectivity index (χ1v) is 6.52. The molecule has 0 spiro atoms. The van der Waals surface area contributed by atoms with E-state index in [2.05, 4.69) is 9.97 Å². The summed E-state index contributed by atoms with van der Waals surface area (Å²) < 4.78 is 11.4. The van der Waals surface area contributed by atoms with E-state index in [0.29, 0.717) is 18.1 Å². The third-order valence-electron chi connectivity index (χ3n) is 4.05. The predicted molar refractivity (Wildman–Crippen MR) is 71.8 cm³/mol. The van der Waals surface area contributed by atoms with E-state index in [-0.39, 0.29) is 5.60 Å². The SMILES string of the molecule is [B]c1cccc2nc(OCC34CC(CO3)C4)ncc12. The van der Waals surface area contributed by atoms with Gasteiger partial charge in [0.05, 0.1) is 12.1 Å². The van der Waals surface area contributed by atoms with Gasteiger partial charge in [-0.05, 0) is 24.8 Å². The number of fused-ring (bicyclic) bond motifs is 2. The Morgan fingerprint density at radius 3 is 3.11 bits per heavy atom. The first-order chi connectivity index (χ1) is 9.24. The van der Waals surface area contributed by atoms with E-state index < -0.39 is 0 Å². The van der Waals surface area contributed by atoms with Crippen molar-refractivity contribution in [2.24, 2.45) is 5.92 Å². The van der Waals surface area contributed by atoms with Crippen molar-refractivity contribution < 1.29 is 9.47 Å². The quantitative estimate of drug-likeness (QED) is 0.764. The average Bonchev–Trinajstić information content (AvgIpc) is 2.96. The normalized spacial score (nSPS) is 28.3. The second-order valence-electron chi connectivity index (χ2n) is 5.49. The van der Waals surface area contributed by atoms with Crippen LogP contribution in [0.4, 0.5) is 0 Å². The number of hydrogen-bond acceptors (Lipinski definition) is 4. The van der Waals surface area contributed by atoms with Crippen LogP contribution in [-0.4, -0.2) is 36.6 Å². The van der Waals surface area contributed by atoms with Crippen molar-refractivity contribution in [2.45, 2.75) is 18.4 Å². The average molecular weight is 252 g/mol. The minimum absolute atomic E-state index is 0.0707.